The Labute approximate surface area is 247 Å². The first-order chi connectivity index (χ1) is 20.7. The van der Waals surface area contributed by atoms with Crippen LogP contribution in [-0.2, 0) is 4.74 Å². The topological polar surface area (TPSA) is 120 Å². The summed E-state index contributed by atoms with van der Waals surface area (Å²) >= 11 is 0. The Kier molecular flexibility index (Phi) is 9.12. The van der Waals surface area contributed by atoms with E-state index in [4.69, 9.17) is 4.74 Å². The number of hydrogen-bond donors (Lipinski definition) is 2. The fourth-order valence-corrected chi connectivity index (χ4v) is 5.17. The molecule has 2 fully saturated rings. The first-order valence-corrected chi connectivity index (χ1v) is 14.0. The standard InChI is InChI=1S/C30H32F2N6O5/c1-35-7-2-8-36(10-9-35)23-4-6-28(38(41)42)25(19-23)30(40)34-27-18-22(3-5-26(27)32)33-29(39)20-15-21(31)17-24(16-20)37-11-13-43-14-12-37/h3-6,15-19H,2,7-14H2,1H3,(H,33,39)(H,34,40). The van der Waals surface area contributed by atoms with Gasteiger partial charge in [0, 0.05) is 61.4 Å². The van der Waals surface area contributed by atoms with Gasteiger partial charge in [-0.15, -0.1) is 0 Å². The number of hydrogen-bond acceptors (Lipinski definition) is 8. The highest BCUT2D eigenvalue weighted by molar-refractivity contribution is 6.09. The lowest BCUT2D eigenvalue weighted by molar-refractivity contribution is -0.385. The molecule has 0 radical (unpaired) electrons. The van der Waals surface area contributed by atoms with Crippen molar-refractivity contribution in [2.45, 2.75) is 6.42 Å². The van der Waals surface area contributed by atoms with E-state index in [0.29, 0.717) is 44.2 Å². The average Bonchev–Trinajstić information content (AvgIpc) is 3.22. The summed E-state index contributed by atoms with van der Waals surface area (Å²) in [5.41, 5.74) is 0.465. The molecule has 0 bridgehead atoms. The Bertz CT molecular complexity index is 1530. The van der Waals surface area contributed by atoms with E-state index in [1.165, 1.54) is 30.3 Å². The summed E-state index contributed by atoms with van der Waals surface area (Å²) in [5, 5.41) is 16.8. The Morgan fingerprint density at radius 1 is 0.837 bits per heavy atom. The highest BCUT2D eigenvalue weighted by atomic mass is 19.1. The number of carbonyl (C=O) groups is 2. The number of likely N-dealkylation sites (N-methyl/N-ethyl adjacent to an activating group) is 1. The summed E-state index contributed by atoms with van der Waals surface area (Å²) in [7, 11) is 2.02. The molecule has 0 aliphatic carbocycles. The van der Waals surface area contributed by atoms with Crippen molar-refractivity contribution in [3.63, 3.8) is 0 Å². The minimum absolute atomic E-state index is 0.0588. The van der Waals surface area contributed by atoms with Crippen LogP contribution >= 0.6 is 0 Å². The lowest BCUT2D eigenvalue weighted by atomic mass is 10.1. The highest BCUT2D eigenvalue weighted by Crippen LogP contribution is 2.28. The van der Waals surface area contributed by atoms with Gasteiger partial charge >= 0.3 is 0 Å². The molecule has 11 nitrogen and oxygen atoms in total. The number of nitrogens with zero attached hydrogens (tertiary/aromatic N) is 4. The van der Waals surface area contributed by atoms with E-state index in [0.717, 1.165) is 38.2 Å². The van der Waals surface area contributed by atoms with Crippen LogP contribution in [0.1, 0.15) is 27.1 Å². The first kappa shape index (κ1) is 29.9. The van der Waals surface area contributed by atoms with Crippen LogP contribution in [0.4, 0.5) is 37.2 Å². The minimum atomic E-state index is -0.872. The summed E-state index contributed by atoms with van der Waals surface area (Å²) < 4.78 is 34.5. The molecule has 5 rings (SSSR count). The van der Waals surface area contributed by atoms with Gasteiger partial charge in [-0.1, -0.05) is 0 Å². The number of nitrogens with one attached hydrogen (secondary N) is 2. The maximum Gasteiger partial charge on any atom is 0.282 e. The number of ether oxygens (including phenoxy) is 1. The number of carbonyl (C=O) groups excluding carboxylic acids is 2. The summed E-state index contributed by atoms with van der Waals surface area (Å²) in [6.45, 7) is 5.22. The molecule has 2 aliphatic heterocycles. The van der Waals surface area contributed by atoms with E-state index in [-0.39, 0.29) is 22.5 Å². The third-order valence-corrected chi connectivity index (χ3v) is 7.50. The molecule has 13 heteroatoms. The molecule has 3 aromatic carbocycles. The van der Waals surface area contributed by atoms with Crippen LogP contribution in [0.3, 0.4) is 0 Å². The molecule has 2 N–H and O–H groups in total. The van der Waals surface area contributed by atoms with E-state index in [9.17, 15) is 28.5 Å². The lowest BCUT2D eigenvalue weighted by Gasteiger charge is -2.29. The Morgan fingerprint density at radius 2 is 1.60 bits per heavy atom. The van der Waals surface area contributed by atoms with Crippen LogP contribution in [0.15, 0.2) is 54.6 Å². The van der Waals surface area contributed by atoms with Gasteiger partial charge in [0.15, 0.2) is 0 Å². The Balaban J connectivity index is 1.34. The van der Waals surface area contributed by atoms with Crippen molar-refractivity contribution in [3.8, 4) is 0 Å². The van der Waals surface area contributed by atoms with Crippen LogP contribution in [0.5, 0.6) is 0 Å². The molecule has 0 unspecified atom stereocenters. The van der Waals surface area contributed by atoms with Gasteiger partial charge < -0.3 is 30.1 Å². The Hall–Kier alpha value is -4.62. The number of amides is 2. The zero-order chi connectivity index (χ0) is 30.5. The van der Waals surface area contributed by atoms with Crippen molar-refractivity contribution >= 4 is 40.3 Å². The van der Waals surface area contributed by atoms with Gasteiger partial charge in [0.1, 0.15) is 17.2 Å². The van der Waals surface area contributed by atoms with Gasteiger partial charge in [-0.25, -0.2) is 8.78 Å². The third kappa shape index (κ3) is 7.24. The SMILES string of the molecule is CN1CCCN(c2ccc([N+](=O)[O-])c(C(=O)Nc3cc(NC(=O)c4cc(F)cc(N5CCOCC5)c4)ccc3F)c2)CC1. The van der Waals surface area contributed by atoms with Gasteiger partial charge in [-0.2, -0.15) is 0 Å². The van der Waals surface area contributed by atoms with Crippen LogP contribution in [0, 0.1) is 21.7 Å². The molecule has 2 amide bonds. The van der Waals surface area contributed by atoms with Crippen molar-refractivity contribution in [1.29, 1.82) is 0 Å². The number of morpholine rings is 1. The number of nitro groups is 1. The monoisotopic (exact) mass is 594 g/mol. The predicted molar refractivity (Wildman–Crippen MR) is 159 cm³/mol. The van der Waals surface area contributed by atoms with Gasteiger partial charge in [-0.05, 0) is 68.5 Å². The van der Waals surface area contributed by atoms with E-state index < -0.39 is 34.1 Å². The fraction of sp³-hybridized carbons (Fsp3) is 0.333. The van der Waals surface area contributed by atoms with Crippen LogP contribution in [0.2, 0.25) is 0 Å². The molecule has 3 aromatic rings. The second kappa shape index (κ2) is 13.1. The van der Waals surface area contributed by atoms with Crippen LogP contribution in [0.25, 0.3) is 0 Å². The number of anilines is 4. The fourth-order valence-electron chi connectivity index (χ4n) is 5.17. The summed E-state index contributed by atoms with van der Waals surface area (Å²) in [5.74, 6) is -2.90. The summed E-state index contributed by atoms with van der Waals surface area (Å²) in [6, 6.07) is 11.9. The van der Waals surface area contributed by atoms with Crippen molar-refractivity contribution < 1.29 is 28.0 Å². The zero-order valence-electron chi connectivity index (χ0n) is 23.6. The molecule has 0 atom stereocenters. The van der Waals surface area contributed by atoms with E-state index in [1.54, 1.807) is 12.1 Å². The van der Waals surface area contributed by atoms with Crippen LogP contribution in [-0.4, -0.2) is 81.2 Å². The molecule has 43 heavy (non-hydrogen) atoms. The second-order valence-electron chi connectivity index (χ2n) is 10.5. The van der Waals surface area contributed by atoms with E-state index in [2.05, 4.69) is 20.4 Å². The van der Waals surface area contributed by atoms with Gasteiger partial charge in [0.25, 0.3) is 17.5 Å². The number of nitro benzene ring substituents is 1. The summed E-state index contributed by atoms with van der Waals surface area (Å²) in [4.78, 5) is 43.5. The first-order valence-electron chi connectivity index (χ1n) is 14.0. The molecular weight excluding hydrogens is 562 g/mol. The smallest absolute Gasteiger partial charge is 0.282 e. The molecule has 0 saturated carbocycles. The number of rotatable bonds is 7. The molecule has 226 valence electrons. The van der Waals surface area contributed by atoms with E-state index >= 15 is 0 Å². The maximum absolute atomic E-state index is 14.8. The second-order valence-corrected chi connectivity index (χ2v) is 10.5. The molecule has 0 aromatic heterocycles. The average molecular weight is 595 g/mol. The zero-order valence-corrected chi connectivity index (χ0v) is 23.6. The molecule has 0 spiro atoms. The Morgan fingerprint density at radius 3 is 2.37 bits per heavy atom. The van der Waals surface area contributed by atoms with Gasteiger partial charge in [0.05, 0.1) is 23.8 Å². The number of benzene rings is 3. The highest BCUT2D eigenvalue weighted by Gasteiger charge is 2.24. The van der Waals surface area contributed by atoms with Crippen LogP contribution < -0.4 is 20.4 Å². The summed E-state index contributed by atoms with van der Waals surface area (Å²) in [6.07, 6.45) is 0.892. The third-order valence-electron chi connectivity index (χ3n) is 7.50. The lowest BCUT2D eigenvalue weighted by Crippen LogP contribution is -2.36. The largest absolute Gasteiger partial charge is 0.378 e. The molecular formula is C30H32F2N6O5. The molecule has 2 aliphatic rings. The van der Waals surface area contributed by atoms with Crippen molar-refractivity contribution in [1.82, 2.24) is 4.90 Å². The molecule has 2 heterocycles. The maximum atomic E-state index is 14.8. The predicted octanol–water partition coefficient (Wildman–Crippen LogP) is 4.36. The number of halogens is 2. The normalized spacial score (nSPS) is 16.0. The molecule has 2 saturated heterocycles. The quantitative estimate of drug-likeness (QED) is 0.306. The van der Waals surface area contributed by atoms with Crippen molar-refractivity contribution in [2.24, 2.45) is 0 Å². The van der Waals surface area contributed by atoms with Crippen molar-refractivity contribution in [2.75, 3.05) is 80.0 Å². The van der Waals surface area contributed by atoms with Gasteiger partial charge in [-0.3, -0.25) is 19.7 Å². The van der Waals surface area contributed by atoms with Crippen molar-refractivity contribution in [3.05, 3.63) is 87.5 Å². The minimum Gasteiger partial charge on any atom is -0.378 e. The van der Waals surface area contributed by atoms with E-state index in [1.807, 2.05) is 11.9 Å². The van der Waals surface area contributed by atoms with Gasteiger partial charge in [0.2, 0.25) is 0 Å².